The lowest BCUT2D eigenvalue weighted by Gasteiger charge is -2.23. The number of aliphatic carboxylic acids is 1. The SMILES string of the molecule is CCOC(Cc1ccc(OCCN(CCCCCCC(F)(F)F)C(=O)NCC(F)(F)F)cc1)C(=O)O. The van der Waals surface area contributed by atoms with Gasteiger partial charge in [-0.2, -0.15) is 26.3 Å². The Morgan fingerprint density at radius 2 is 1.61 bits per heavy atom. The van der Waals surface area contributed by atoms with Crippen molar-refractivity contribution in [2.45, 2.75) is 63.9 Å². The second-order valence-electron chi connectivity index (χ2n) is 8.02. The number of carboxylic acids is 1. The lowest BCUT2D eigenvalue weighted by Crippen LogP contribution is -2.45. The molecule has 0 saturated carbocycles. The van der Waals surface area contributed by atoms with Crippen LogP contribution in [0.4, 0.5) is 31.1 Å². The average molecular weight is 531 g/mol. The number of alkyl halides is 6. The third-order valence-corrected chi connectivity index (χ3v) is 4.98. The van der Waals surface area contributed by atoms with Crippen molar-refractivity contribution < 1.29 is 50.5 Å². The van der Waals surface area contributed by atoms with Gasteiger partial charge in [0.1, 0.15) is 18.9 Å². The van der Waals surface area contributed by atoms with Crippen LogP contribution in [-0.4, -0.2) is 73.3 Å². The Hall–Kier alpha value is -2.70. The molecule has 0 aliphatic carbocycles. The number of unbranched alkanes of at least 4 members (excludes halogenated alkanes) is 3. The Morgan fingerprint density at radius 1 is 0.972 bits per heavy atom. The molecular weight excluding hydrogens is 498 g/mol. The fourth-order valence-corrected chi connectivity index (χ4v) is 3.21. The minimum absolute atomic E-state index is 0.0381. The van der Waals surface area contributed by atoms with Crippen molar-refractivity contribution in [1.82, 2.24) is 10.2 Å². The van der Waals surface area contributed by atoms with Gasteiger partial charge < -0.3 is 24.8 Å². The summed E-state index contributed by atoms with van der Waals surface area (Å²) in [6.45, 7) is 0.413. The molecule has 1 aromatic carbocycles. The summed E-state index contributed by atoms with van der Waals surface area (Å²) in [5.41, 5.74) is 0.696. The van der Waals surface area contributed by atoms with E-state index in [9.17, 15) is 35.9 Å². The lowest BCUT2D eigenvalue weighted by atomic mass is 10.1. The van der Waals surface area contributed by atoms with Crippen LogP contribution in [0.1, 0.15) is 44.6 Å². The highest BCUT2D eigenvalue weighted by molar-refractivity contribution is 5.74. The van der Waals surface area contributed by atoms with Crippen LogP contribution in [0.15, 0.2) is 24.3 Å². The Balaban J connectivity index is 2.57. The lowest BCUT2D eigenvalue weighted by molar-refractivity contribution is -0.150. The van der Waals surface area contributed by atoms with Crippen molar-refractivity contribution in [1.29, 1.82) is 0 Å². The summed E-state index contributed by atoms with van der Waals surface area (Å²) in [6, 6.07) is 5.54. The van der Waals surface area contributed by atoms with Crippen molar-refractivity contribution in [3.05, 3.63) is 29.8 Å². The summed E-state index contributed by atoms with van der Waals surface area (Å²) in [4.78, 5) is 24.5. The quantitative estimate of drug-likeness (QED) is 0.227. The van der Waals surface area contributed by atoms with Gasteiger partial charge in [0, 0.05) is 26.0 Å². The zero-order valence-electron chi connectivity index (χ0n) is 20.0. The topological polar surface area (TPSA) is 88.1 Å². The molecular formula is C23H32F6N2O5. The van der Waals surface area contributed by atoms with E-state index >= 15 is 0 Å². The van der Waals surface area contributed by atoms with Crippen molar-refractivity contribution >= 4 is 12.0 Å². The molecule has 2 amide bonds. The molecule has 7 nitrogen and oxygen atoms in total. The predicted octanol–water partition coefficient (Wildman–Crippen LogP) is 5.18. The third kappa shape index (κ3) is 14.6. The summed E-state index contributed by atoms with van der Waals surface area (Å²) in [5, 5.41) is 10.9. The Kier molecular flexibility index (Phi) is 13.4. The van der Waals surface area contributed by atoms with E-state index in [0.717, 1.165) is 4.90 Å². The maximum absolute atomic E-state index is 12.4. The number of rotatable bonds is 16. The van der Waals surface area contributed by atoms with Gasteiger partial charge in [-0.1, -0.05) is 25.0 Å². The van der Waals surface area contributed by atoms with Crippen molar-refractivity contribution in [3.63, 3.8) is 0 Å². The highest BCUT2D eigenvalue weighted by atomic mass is 19.4. The summed E-state index contributed by atoms with van der Waals surface area (Å²) >= 11 is 0. The van der Waals surface area contributed by atoms with E-state index in [-0.39, 0.29) is 45.6 Å². The molecule has 13 heteroatoms. The zero-order valence-corrected chi connectivity index (χ0v) is 20.0. The number of hydrogen-bond donors (Lipinski definition) is 2. The number of urea groups is 1. The number of carboxylic acid groups (broad SMARTS) is 1. The predicted molar refractivity (Wildman–Crippen MR) is 119 cm³/mol. The van der Waals surface area contributed by atoms with Crippen LogP contribution in [-0.2, 0) is 16.0 Å². The monoisotopic (exact) mass is 530 g/mol. The molecule has 0 aliphatic heterocycles. The summed E-state index contributed by atoms with van der Waals surface area (Å²) in [7, 11) is 0. The number of halogens is 6. The first-order valence-corrected chi connectivity index (χ1v) is 11.5. The Bertz CT molecular complexity index is 787. The van der Waals surface area contributed by atoms with E-state index < -0.39 is 43.4 Å². The number of amides is 2. The molecule has 0 spiro atoms. The number of hydrogen-bond acceptors (Lipinski definition) is 4. The Morgan fingerprint density at radius 3 is 2.17 bits per heavy atom. The van der Waals surface area contributed by atoms with Gasteiger partial charge >= 0.3 is 24.4 Å². The second kappa shape index (κ2) is 15.4. The van der Waals surface area contributed by atoms with Gasteiger partial charge in [0.2, 0.25) is 0 Å². The molecule has 1 unspecified atom stereocenters. The smallest absolute Gasteiger partial charge is 0.405 e. The van der Waals surface area contributed by atoms with Gasteiger partial charge in [-0.25, -0.2) is 9.59 Å². The van der Waals surface area contributed by atoms with Crippen LogP contribution in [0.5, 0.6) is 5.75 Å². The fourth-order valence-electron chi connectivity index (χ4n) is 3.21. The molecule has 1 aromatic rings. The standard InChI is InChI=1S/C23H32F6N2O5/c1-2-35-19(20(32)33)15-17-7-9-18(10-8-17)36-14-13-31(21(34)30-16-23(27,28)29)12-6-4-3-5-11-22(24,25)26/h7-10,19H,2-6,11-16H2,1H3,(H,30,34)(H,32,33). The summed E-state index contributed by atoms with van der Waals surface area (Å²) < 4.78 is 84.7. The van der Waals surface area contributed by atoms with E-state index in [1.807, 2.05) is 0 Å². The number of benzene rings is 1. The molecule has 0 saturated heterocycles. The molecule has 0 heterocycles. The second-order valence-corrected chi connectivity index (χ2v) is 8.02. The number of nitrogens with one attached hydrogen (secondary N) is 1. The van der Waals surface area contributed by atoms with Crippen molar-refractivity contribution in [2.75, 3.05) is 32.8 Å². The van der Waals surface area contributed by atoms with Gasteiger partial charge in [0.05, 0.1) is 6.54 Å². The van der Waals surface area contributed by atoms with Crippen LogP contribution in [0.3, 0.4) is 0 Å². The van der Waals surface area contributed by atoms with Crippen LogP contribution < -0.4 is 10.1 Å². The number of ether oxygens (including phenoxy) is 2. The first-order valence-electron chi connectivity index (χ1n) is 11.5. The van der Waals surface area contributed by atoms with E-state index in [1.54, 1.807) is 36.5 Å². The van der Waals surface area contributed by atoms with Gasteiger partial charge in [-0.15, -0.1) is 0 Å². The average Bonchev–Trinajstić information content (AvgIpc) is 2.78. The van der Waals surface area contributed by atoms with Crippen LogP contribution >= 0.6 is 0 Å². The van der Waals surface area contributed by atoms with Gasteiger partial charge in [0.25, 0.3) is 0 Å². The van der Waals surface area contributed by atoms with Crippen LogP contribution in [0, 0.1) is 0 Å². The largest absolute Gasteiger partial charge is 0.492 e. The molecule has 0 aliphatic rings. The van der Waals surface area contributed by atoms with E-state index in [2.05, 4.69) is 0 Å². The summed E-state index contributed by atoms with van der Waals surface area (Å²) in [6.07, 6.45) is -9.61. The van der Waals surface area contributed by atoms with Crippen molar-refractivity contribution in [2.24, 2.45) is 0 Å². The van der Waals surface area contributed by atoms with Crippen LogP contribution in [0.2, 0.25) is 0 Å². The molecule has 0 aromatic heterocycles. The van der Waals surface area contributed by atoms with E-state index in [0.29, 0.717) is 24.2 Å². The maximum Gasteiger partial charge on any atom is 0.405 e. The molecule has 206 valence electrons. The third-order valence-electron chi connectivity index (χ3n) is 4.98. The molecule has 0 fully saturated rings. The fraction of sp³-hybridized carbons (Fsp3) is 0.652. The maximum atomic E-state index is 12.4. The van der Waals surface area contributed by atoms with Crippen molar-refractivity contribution in [3.8, 4) is 5.75 Å². The molecule has 1 rings (SSSR count). The van der Waals surface area contributed by atoms with Gasteiger partial charge in [0.15, 0.2) is 6.10 Å². The van der Waals surface area contributed by atoms with E-state index in [1.165, 1.54) is 0 Å². The van der Waals surface area contributed by atoms with Crippen LogP contribution in [0.25, 0.3) is 0 Å². The number of carbonyl (C=O) groups is 2. The first kappa shape index (κ1) is 31.3. The first-order chi connectivity index (χ1) is 16.8. The zero-order chi connectivity index (χ0) is 27.2. The Labute approximate surface area is 205 Å². The highest BCUT2D eigenvalue weighted by Gasteiger charge is 2.29. The van der Waals surface area contributed by atoms with Gasteiger partial charge in [-0.3, -0.25) is 0 Å². The molecule has 0 radical (unpaired) electrons. The molecule has 1 atom stereocenters. The molecule has 36 heavy (non-hydrogen) atoms. The minimum atomic E-state index is -4.58. The number of nitrogens with zero attached hydrogens (tertiary/aromatic N) is 1. The summed E-state index contributed by atoms with van der Waals surface area (Å²) in [5.74, 6) is -0.675. The van der Waals surface area contributed by atoms with E-state index in [4.69, 9.17) is 14.6 Å². The highest BCUT2D eigenvalue weighted by Crippen LogP contribution is 2.23. The number of carbonyl (C=O) groups excluding carboxylic acids is 1. The van der Waals surface area contributed by atoms with Gasteiger partial charge in [-0.05, 0) is 37.5 Å². The molecule has 0 bridgehead atoms. The molecule has 2 N–H and O–H groups in total. The minimum Gasteiger partial charge on any atom is -0.492 e. The normalized spacial score (nSPS) is 12.8.